The van der Waals surface area contributed by atoms with Crippen LogP contribution in [0.15, 0.2) is 28.8 Å². The molecule has 0 aliphatic carbocycles. The van der Waals surface area contributed by atoms with Crippen molar-refractivity contribution in [3.05, 3.63) is 52.7 Å². The quantitative estimate of drug-likeness (QED) is 0.674. The standard InChI is InChI=1S/C19H21FN2O5/c20-15-3-1-2-13(6-15)10-26-12-18-16(9-23)17(22-27-18)7-19(24)21-8-14-4-5-25-11-14/h1-3,6,9,14H,4-5,7-8,10-12H2,(H,21,24). The van der Waals surface area contributed by atoms with Gasteiger partial charge in [-0.25, -0.2) is 4.39 Å². The molecule has 144 valence electrons. The van der Waals surface area contributed by atoms with Gasteiger partial charge in [0.2, 0.25) is 5.91 Å². The van der Waals surface area contributed by atoms with E-state index in [9.17, 15) is 14.0 Å². The maximum atomic E-state index is 13.1. The fourth-order valence-corrected chi connectivity index (χ4v) is 2.84. The van der Waals surface area contributed by atoms with Crippen molar-refractivity contribution in [2.75, 3.05) is 19.8 Å². The largest absolute Gasteiger partial charge is 0.381 e. The Labute approximate surface area is 155 Å². The molecule has 0 radical (unpaired) electrons. The Morgan fingerprint density at radius 1 is 1.41 bits per heavy atom. The molecule has 2 heterocycles. The number of rotatable bonds is 9. The van der Waals surface area contributed by atoms with Crippen LogP contribution in [-0.4, -0.2) is 37.1 Å². The highest BCUT2D eigenvalue weighted by molar-refractivity contribution is 5.83. The van der Waals surface area contributed by atoms with Gasteiger partial charge >= 0.3 is 0 Å². The lowest BCUT2D eigenvalue weighted by atomic mass is 10.1. The first-order chi connectivity index (χ1) is 13.2. The molecule has 1 fully saturated rings. The molecule has 1 aliphatic heterocycles. The van der Waals surface area contributed by atoms with Crippen molar-refractivity contribution in [3.8, 4) is 0 Å². The summed E-state index contributed by atoms with van der Waals surface area (Å²) in [4.78, 5) is 23.4. The van der Waals surface area contributed by atoms with Crippen LogP contribution in [0, 0.1) is 11.7 Å². The highest BCUT2D eigenvalue weighted by Gasteiger charge is 2.20. The molecule has 1 aliphatic rings. The van der Waals surface area contributed by atoms with E-state index in [2.05, 4.69) is 10.5 Å². The van der Waals surface area contributed by atoms with Crippen molar-refractivity contribution in [3.63, 3.8) is 0 Å². The lowest BCUT2D eigenvalue weighted by molar-refractivity contribution is -0.120. The summed E-state index contributed by atoms with van der Waals surface area (Å²) in [6.07, 6.45) is 1.48. The zero-order valence-electron chi connectivity index (χ0n) is 14.8. The molecule has 27 heavy (non-hydrogen) atoms. The monoisotopic (exact) mass is 376 g/mol. The third kappa shape index (κ3) is 5.45. The van der Waals surface area contributed by atoms with Gasteiger partial charge in [0, 0.05) is 19.1 Å². The maximum Gasteiger partial charge on any atom is 0.226 e. The van der Waals surface area contributed by atoms with Crippen LogP contribution in [0.5, 0.6) is 0 Å². The molecule has 2 aromatic rings. The lowest BCUT2D eigenvalue weighted by Gasteiger charge is -2.08. The van der Waals surface area contributed by atoms with Gasteiger partial charge in [-0.1, -0.05) is 17.3 Å². The summed E-state index contributed by atoms with van der Waals surface area (Å²) in [7, 11) is 0. The van der Waals surface area contributed by atoms with E-state index >= 15 is 0 Å². The van der Waals surface area contributed by atoms with Gasteiger partial charge in [-0.05, 0) is 24.1 Å². The molecule has 1 unspecified atom stereocenters. The molecule has 3 rings (SSSR count). The van der Waals surface area contributed by atoms with Gasteiger partial charge in [0.05, 0.1) is 25.2 Å². The molecule has 8 heteroatoms. The summed E-state index contributed by atoms with van der Waals surface area (Å²) in [5, 5.41) is 6.64. The first-order valence-corrected chi connectivity index (χ1v) is 8.75. The average Bonchev–Trinajstić information content (AvgIpc) is 3.30. The molecule has 7 nitrogen and oxygen atoms in total. The number of hydrogen-bond acceptors (Lipinski definition) is 6. The fourth-order valence-electron chi connectivity index (χ4n) is 2.84. The second-order valence-electron chi connectivity index (χ2n) is 6.42. The van der Waals surface area contributed by atoms with E-state index in [4.69, 9.17) is 14.0 Å². The van der Waals surface area contributed by atoms with Gasteiger partial charge in [0.15, 0.2) is 12.0 Å². The van der Waals surface area contributed by atoms with Gasteiger partial charge in [0.25, 0.3) is 0 Å². The van der Waals surface area contributed by atoms with Crippen LogP contribution in [0.2, 0.25) is 0 Å². The van der Waals surface area contributed by atoms with Crippen LogP contribution in [0.4, 0.5) is 4.39 Å². The second kappa shape index (κ2) is 9.38. The van der Waals surface area contributed by atoms with Crippen molar-refractivity contribution in [1.29, 1.82) is 0 Å². The molecular formula is C19H21FN2O5. The zero-order valence-corrected chi connectivity index (χ0v) is 14.8. The van der Waals surface area contributed by atoms with E-state index in [1.807, 2.05) is 0 Å². The number of hydrogen-bond donors (Lipinski definition) is 1. The van der Waals surface area contributed by atoms with E-state index in [0.29, 0.717) is 30.9 Å². The third-order valence-electron chi connectivity index (χ3n) is 4.33. The molecule has 1 atom stereocenters. The van der Waals surface area contributed by atoms with Crippen molar-refractivity contribution in [2.45, 2.75) is 26.1 Å². The Morgan fingerprint density at radius 2 is 2.30 bits per heavy atom. The highest BCUT2D eigenvalue weighted by Crippen LogP contribution is 2.16. The number of benzene rings is 1. The fraction of sp³-hybridized carbons (Fsp3) is 0.421. The predicted molar refractivity (Wildman–Crippen MR) is 92.4 cm³/mol. The van der Waals surface area contributed by atoms with Gasteiger partial charge in [0.1, 0.15) is 18.1 Å². The Bertz CT molecular complexity index is 786. The normalized spacial score (nSPS) is 16.4. The Kier molecular flexibility index (Phi) is 6.67. The van der Waals surface area contributed by atoms with Crippen molar-refractivity contribution >= 4 is 12.2 Å². The molecule has 1 aromatic heterocycles. The van der Waals surface area contributed by atoms with Gasteiger partial charge in [-0.3, -0.25) is 9.59 Å². The van der Waals surface area contributed by atoms with E-state index in [1.165, 1.54) is 12.1 Å². The predicted octanol–water partition coefficient (Wildman–Crippen LogP) is 2.04. The highest BCUT2D eigenvalue weighted by atomic mass is 19.1. The van der Waals surface area contributed by atoms with Crippen molar-refractivity contribution < 1.29 is 28.0 Å². The number of aromatic nitrogens is 1. The molecule has 1 N–H and O–H groups in total. The maximum absolute atomic E-state index is 13.1. The number of aldehydes is 1. The number of halogens is 1. The lowest BCUT2D eigenvalue weighted by Crippen LogP contribution is -2.31. The molecule has 1 aromatic carbocycles. The van der Waals surface area contributed by atoms with E-state index in [-0.39, 0.29) is 48.4 Å². The van der Waals surface area contributed by atoms with Gasteiger partial charge in [-0.15, -0.1) is 0 Å². The molecule has 0 spiro atoms. The Morgan fingerprint density at radius 3 is 3.04 bits per heavy atom. The van der Waals surface area contributed by atoms with Crippen molar-refractivity contribution in [1.82, 2.24) is 10.5 Å². The van der Waals surface area contributed by atoms with Crippen LogP contribution in [-0.2, 0) is 33.9 Å². The minimum absolute atomic E-state index is 0.00137. The number of carbonyl (C=O) groups is 2. The number of nitrogens with one attached hydrogen (secondary N) is 1. The van der Waals surface area contributed by atoms with Crippen LogP contribution < -0.4 is 5.32 Å². The minimum Gasteiger partial charge on any atom is -0.381 e. The summed E-state index contributed by atoms with van der Waals surface area (Å²) in [5.41, 5.74) is 1.15. The summed E-state index contributed by atoms with van der Waals surface area (Å²) in [5.74, 6) is -0.00989. The average molecular weight is 376 g/mol. The van der Waals surface area contributed by atoms with Crippen LogP contribution in [0.1, 0.15) is 33.8 Å². The third-order valence-corrected chi connectivity index (χ3v) is 4.33. The summed E-state index contributed by atoms with van der Waals surface area (Å²) < 4.78 is 29.0. The van der Waals surface area contributed by atoms with E-state index in [1.54, 1.807) is 12.1 Å². The van der Waals surface area contributed by atoms with Crippen LogP contribution >= 0.6 is 0 Å². The second-order valence-corrected chi connectivity index (χ2v) is 6.42. The Hall–Kier alpha value is -2.58. The number of amides is 1. The van der Waals surface area contributed by atoms with Gasteiger partial charge < -0.3 is 19.3 Å². The number of nitrogens with zero attached hydrogens (tertiary/aromatic N) is 1. The first kappa shape index (κ1) is 19.2. The molecule has 0 bridgehead atoms. The first-order valence-electron chi connectivity index (χ1n) is 8.75. The number of ether oxygens (including phenoxy) is 2. The molecular weight excluding hydrogens is 355 g/mol. The Balaban J connectivity index is 1.51. The topological polar surface area (TPSA) is 90.7 Å². The van der Waals surface area contributed by atoms with Gasteiger partial charge in [-0.2, -0.15) is 0 Å². The van der Waals surface area contributed by atoms with E-state index < -0.39 is 0 Å². The smallest absolute Gasteiger partial charge is 0.226 e. The number of carbonyl (C=O) groups excluding carboxylic acids is 2. The minimum atomic E-state index is -0.346. The van der Waals surface area contributed by atoms with Crippen molar-refractivity contribution in [2.24, 2.45) is 5.92 Å². The summed E-state index contributed by atoms with van der Waals surface area (Å²) in [6.45, 7) is 2.07. The molecule has 1 amide bonds. The summed E-state index contributed by atoms with van der Waals surface area (Å²) >= 11 is 0. The van der Waals surface area contributed by atoms with Crippen LogP contribution in [0.25, 0.3) is 0 Å². The van der Waals surface area contributed by atoms with E-state index in [0.717, 1.165) is 13.0 Å². The SMILES string of the molecule is O=Cc1c(CC(=O)NCC2CCOC2)noc1COCc1cccc(F)c1. The molecule has 0 saturated carbocycles. The van der Waals surface area contributed by atoms with Crippen LogP contribution in [0.3, 0.4) is 0 Å². The zero-order chi connectivity index (χ0) is 19.1. The molecule has 1 saturated heterocycles. The summed E-state index contributed by atoms with van der Waals surface area (Å²) in [6, 6.07) is 6.04.